The largest absolute Gasteiger partial charge is 0.480 e. The Balaban J connectivity index is 2.43. The van der Waals surface area contributed by atoms with Gasteiger partial charge in [0, 0.05) is 12.5 Å². The van der Waals surface area contributed by atoms with E-state index in [2.05, 4.69) is 10.6 Å². The Bertz CT molecular complexity index is 275. The van der Waals surface area contributed by atoms with Gasteiger partial charge in [-0.25, -0.2) is 4.79 Å². The van der Waals surface area contributed by atoms with Gasteiger partial charge in [0.25, 0.3) is 0 Å². The lowest BCUT2D eigenvalue weighted by Gasteiger charge is -2.21. The van der Waals surface area contributed by atoms with Gasteiger partial charge in [-0.15, -0.1) is 0 Å². The molecule has 0 aromatic rings. The van der Waals surface area contributed by atoms with Crippen molar-refractivity contribution in [2.24, 2.45) is 5.92 Å². The quantitative estimate of drug-likeness (QED) is 0.642. The Hall–Kier alpha value is -1.10. The summed E-state index contributed by atoms with van der Waals surface area (Å²) in [5.41, 5.74) is 0. The van der Waals surface area contributed by atoms with Gasteiger partial charge in [-0.05, 0) is 25.3 Å². The fourth-order valence-electron chi connectivity index (χ4n) is 2.07. The van der Waals surface area contributed by atoms with Gasteiger partial charge in [0.1, 0.15) is 6.04 Å². The summed E-state index contributed by atoms with van der Waals surface area (Å²) >= 11 is 0. The van der Waals surface area contributed by atoms with Crippen molar-refractivity contribution in [3.8, 4) is 0 Å². The second-order valence-corrected chi connectivity index (χ2v) is 4.77. The molecule has 0 aromatic heterocycles. The van der Waals surface area contributed by atoms with Gasteiger partial charge < -0.3 is 15.7 Å². The highest BCUT2D eigenvalue weighted by Crippen LogP contribution is 2.11. The number of hydrogen-bond acceptors (Lipinski definition) is 3. The van der Waals surface area contributed by atoms with Crippen molar-refractivity contribution in [1.29, 1.82) is 0 Å². The van der Waals surface area contributed by atoms with E-state index >= 15 is 0 Å². The van der Waals surface area contributed by atoms with E-state index in [1.807, 2.05) is 13.8 Å². The van der Waals surface area contributed by atoms with Crippen LogP contribution in [-0.2, 0) is 9.59 Å². The van der Waals surface area contributed by atoms with Crippen LogP contribution in [0.2, 0.25) is 0 Å². The molecule has 3 atom stereocenters. The number of carboxylic acids is 1. The van der Waals surface area contributed by atoms with Gasteiger partial charge in [0.05, 0.1) is 0 Å². The van der Waals surface area contributed by atoms with E-state index in [1.165, 1.54) is 0 Å². The molecule has 98 valence electrons. The SMILES string of the molecule is CC[C@H](C)[C@H](NC(=O)CC1CCCN1)C(=O)O. The average molecular weight is 242 g/mol. The van der Waals surface area contributed by atoms with E-state index < -0.39 is 12.0 Å². The predicted molar refractivity (Wildman–Crippen MR) is 64.7 cm³/mol. The number of carbonyl (C=O) groups excluding carboxylic acids is 1. The molecule has 17 heavy (non-hydrogen) atoms. The fourth-order valence-corrected chi connectivity index (χ4v) is 2.07. The average Bonchev–Trinajstić information content (AvgIpc) is 2.77. The van der Waals surface area contributed by atoms with Crippen LogP contribution < -0.4 is 10.6 Å². The number of hydrogen-bond donors (Lipinski definition) is 3. The summed E-state index contributed by atoms with van der Waals surface area (Å²) in [6.45, 7) is 4.71. The lowest BCUT2D eigenvalue weighted by Crippen LogP contribution is -2.46. The molecule has 5 heteroatoms. The number of nitrogens with one attached hydrogen (secondary N) is 2. The van der Waals surface area contributed by atoms with Gasteiger partial charge in [-0.2, -0.15) is 0 Å². The number of carboxylic acid groups (broad SMARTS) is 1. The molecule has 1 heterocycles. The number of aliphatic carboxylic acids is 1. The summed E-state index contributed by atoms with van der Waals surface area (Å²) in [6, 6.07) is -0.560. The van der Waals surface area contributed by atoms with Crippen molar-refractivity contribution in [2.75, 3.05) is 6.54 Å². The molecule has 1 rings (SSSR count). The normalized spacial score (nSPS) is 23.1. The summed E-state index contributed by atoms with van der Waals surface area (Å²) < 4.78 is 0. The molecule has 0 spiro atoms. The zero-order valence-electron chi connectivity index (χ0n) is 10.5. The lowest BCUT2D eigenvalue weighted by molar-refractivity contribution is -0.143. The first-order valence-corrected chi connectivity index (χ1v) is 6.30. The Kier molecular flexibility index (Phi) is 5.41. The number of rotatable bonds is 6. The van der Waals surface area contributed by atoms with Crippen molar-refractivity contribution >= 4 is 11.9 Å². The van der Waals surface area contributed by atoms with Crippen molar-refractivity contribution in [2.45, 2.75) is 51.6 Å². The molecule has 1 aliphatic heterocycles. The molecular weight excluding hydrogens is 220 g/mol. The van der Waals surface area contributed by atoms with E-state index in [0.717, 1.165) is 25.8 Å². The zero-order chi connectivity index (χ0) is 12.8. The highest BCUT2D eigenvalue weighted by molar-refractivity contribution is 5.84. The van der Waals surface area contributed by atoms with Gasteiger partial charge in [-0.1, -0.05) is 20.3 Å². The molecule has 5 nitrogen and oxygen atoms in total. The van der Waals surface area contributed by atoms with Crippen molar-refractivity contribution in [3.05, 3.63) is 0 Å². The van der Waals surface area contributed by atoms with Crippen LogP contribution in [0, 0.1) is 5.92 Å². The molecule has 0 bridgehead atoms. The molecule has 1 aliphatic rings. The third kappa shape index (κ3) is 4.34. The van der Waals surface area contributed by atoms with Crippen LogP contribution in [0.25, 0.3) is 0 Å². The minimum Gasteiger partial charge on any atom is -0.480 e. The van der Waals surface area contributed by atoms with Crippen LogP contribution in [0.1, 0.15) is 39.5 Å². The maximum Gasteiger partial charge on any atom is 0.326 e. The molecule has 1 amide bonds. The van der Waals surface area contributed by atoms with Gasteiger partial charge >= 0.3 is 5.97 Å². The Morgan fingerprint density at radius 2 is 2.24 bits per heavy atom. The van der Waals surface area contributed by atoms with Gasteiger partial charge in [0.2, 0.25) is 5.91 Å². The second kappa shape index (κ2) is 6.59. The molecule has 1 saturated heterocycles. The maximum absolute atomic E-state index is 11.7. The number of carbonyl (C=O) groups is 2. The maximum atomic E-state index is 11.7. The summed E-state index contributed by atoms with van der Waals surface area (Å²) in [5.74, 6) is -1.17. The van der Waals surface area contributed by atoms with Crippen molar-refractivity contribution < 1.29 is 14.7 Å². The Morgan fingerprint density at radius 3 is 2.71 bits per heavy atom. The molecular formula is C12H22N2O3. The molecule has 1 unspecified atom stereocenters. The van der Waals surface area contributed by atoms with Crippen LogP contribution in [0.4, 0.5) is 0 Å². The van der Waals surface area contributed by atoms with E-state index in [-0.39, 0.29) is 17.9 Å². The summed E-state index contributed by atoms with van der Waals surface area (Å²) in [5, 5.41) is 14.9. The Morgan fingerprint density at radius 1 is 1.53 bits per heavy atom. The highest BCUT2D eigenvalue weighted by atomic mass is 16.4. The first kappa shape index (κ1) is 14.0. The molecule has 1 fully saturated rings. The first-order valence-electron chi connectivity index (χ1n) is 6.30. The standard InChI is InChI=1S/C12H22N2O3/c1-3-8(2)11(12(16)17)14-10(15)7-9-5-4-6-13-9/h8-9,11,13H,3-7H2,1-2H3,(H,14,15)(H,16,17)/t8-,9?,11-/m0/s1. The third-order valence-corrected chi connectivity index (χ3v) is 3.39. The van der Waals surface area contributed by atoms with Crippen LogP contribution >= 0.6 is 0 Å². The van der Waals surface area contributed by atoms with Crippen LogP contribution in [0.5, 0.6) is 0 Å². The van der Waals surface area contributed by atoms with E-state index in [4.69, 9.17) is 5.11 Å². The third-order valence-electron chi connectivity index (χ3n) is 3.39. The zero-order valence-corrected chi connectivity index (χ0v) is 10.5. The molecule has 3 N–H and O–H groups in total. The predicted octanol–water partition coefficient (Wildman–Crippen LogP) is 0.744. The van der Waals surface area contributed by atoms with Gasteiger partial charge in [-0.3, -0.25) is 4.79 Å². The lowest BCUT2D eigenvalue weighted by atomic mass is 9.99. The van der Waals surface area contributed by atoms with Crippen LogP contribution in [0.3, 0.4) is 0 Å². The highest BCUT2D eigenvalue weighted by Gasteiger charge is 2.26. The van der Waals surface area contributed by atoms with Crippen LogP contribution in [-0.4, -0.2) is 35.6 Å². The fraction of sp³-hybridized carbons (Fsp3) is 0.833. The van der Waals surface area contributed by atoms with E-state index in [0.29, 0.717) is 6.42 Å². The monoisotopic (exact) mass is 242 g/mol. The molecule has 0 saturated carbocycles. The summed E-state index contributed by atoms with van der Waals surface area (Å²) in [4.78, 5) is 22.8. The molecule has 0 aliphatic carbocycles. The van der Waals surface area contributed by atoms with Crippen molar-refractivity contribution in [1.82, 2.24) is 10.6 Å². The summed E-state index contributed by atoms with van der Waals surface area (Å²) in [6.07, 6.45) is 3.19. The second-order valence-electron chi connectivity index (χ2n) is 4.77. The smallest absolute Gasteiger partial charge is 0.326 e. The Labute approximate surface area is 102 Å². The topological polar surface area (TPSA) is 78.4 Å². The molecule has 0 aromatic carbocycles. The first-order chi connectivity index (χ1) is 8.04. The minimum absolute atomic E-state index is 0.0482. The summed E-state index contributed by atoms with van der Waals surface area (Å²) in [7, 11) is 0. The van der Waals surface area contributed by atoms with Crippen LogP contribution in [0.15, 0.2) is 0 Å². The number of amides is 1. The van der Waals surface area contributed by atoms with E-state index in [1.54, 1.807) is 0 Å². The molecule has 0 radical (unpaired) electrons. The van der Waals surface area contributed by atoms with Crippen molar-refractivity contribution in [3.63, 3.8) is 0 Å². The minimum atomic E-state index is -0.952. The van der Waals surface area contributed by atoms with Gasteiger partial charge in [0.15, 0.2) is 0 Å². The van der Waals surface area contributed by atoms with E-state index in [9.17, 15) is 9.59 Å².